The van der Waals surface area contributed by atoms with Gasteiger partial charge in [0, 0.05) is 18.7 Å². The molecule has 0 saturated carbocycles. The molecule has 0 spiro atoms. The monoisotopic (exact) mass is 250 g/mol. The van der Waals surface area contributed by atoms with Gasteiger partial charge in [-0.2, -0.15) is 0 Å². The Labute approximate surface area is 111 Å². The average Bonchev–Trinajstić information content (AvgIpc) is 2.42. The summed E-state index contributed by atoms with van der Waals surface area (Å²) in [6.07, 6.45) is 2.01. The number of hydrogen-bond acceptors (Lipinski definition) is 2. The van der Waals surface area contributed by atoms with E-state index in [1.54, 1.807) is 0 Å². The van der Waals surface area contributed by atoms with Gasteiger partial charge in [-0.15, -0.1) is 0 Å². The second-order valence-electron chi connectivity index (χ2n) is 4.20. The summed E-state index contributed by atoms with van der Waals surface area (Å²) in [4.78, 5) is 14.1. The van der Waals surface area contributed by atoms with E-state index in [1.165, 1.54) is 7.05 Å². The van der Waals surface area contributed by atoms with Crippen molar-refractivity contribution in [3.8, 4) is 0 Å². The molecule has 1 aromatic carbocycles. The Morgan fingerprint density at radius 2 is 1.72 bits per heavy atom. The summed E-state index contributed by atoms with van der Waals surface area (Å²) in [5.74, 6) is 0.131. The number of carbonyl (C=O) groups is 1. The summed E-state index contributed by atoms with van der Waals surface area (Å²) in [7, 11) is 3.40. The number of carbonyl (C=O) groups excluding carboxylic acids is 1. The molecule has 102 valence electrons. The second-order valence-corrected chi connectivity index (χ2v) is 4.20. The minimum absolute atomic E-state index is 0.131. The van der Waals surface area contributed by atoms with E-state index in [4.69, 9.17) is 0 Å². The van der Waals surface area contributed by atoms with Crippen LogP contribution in [-0.4, -0.2) is 30.9 Å². The van der Waals surface area contributed by atoms with Gasteiger partial charge in [0.25, 0.3) is 5.91 Å². The molecule has 2 N–H and O–H groups in total. The van der Waals surface area contributed by atoms with Gasteiger partial charge in [-0.3, -0.25) is 4.79 Å². The summed E-state index contributed by atoms with van der Waals surface area (Å²) < 4.78 is 0. The number of nitrogens with two attached hydrogens (primary N) is 1. The van der Waals surface area contributed by atoms with Crippen LogP contribution in [0, 0.1) is 6.92 Å². The number of benzene rings is 1. The first-order valence-electron chi connectivity index (χ1n) is 6.52. The molecule has 0 saturated heterocycles. The van der Waals surface area contributed by atoms with E-state index < -0.39 is 0 Å². The topological polar surface area (TPSA) is 46.3 Å². The van der Waals surface area contributed by atoms with Crippen molar-refractivity contribution in [3.05, 3.63) is 35.4 Å². The molecule has 1 amide bonds. The Kier molecular flexibility index (Phi) is 8.05. The highest BCUT2D eigenvalue weighted by atomic mass is 16.2. The van der Waals surface area contributed by atoms with Gasteiger partial charge in [0.1, 0.15) is 0 Å². The Morgan fingerprint density at radius 3 is 2.17 bits per heavy atom. The molecule has 3 heteroatoms. The van der Waals surface area contributed by atoms with Crippen LogP contribution in [0.4, 0.5) is 0 Å². The van der Waals surface area contributed by atoms with Crippen LogP contribution >= 0.6 is 0 Å². The van der Waals surface area contributed by atoms with Crippen molar-refractivity contribution < 1.29 is 4.79 Å². The molecule has 0 aliphatic heterocycles. The number of aryl methyl sites for hydroxylation is 1. The van der Waals surface area contributed by atoms with Gasteiger partial charge in [0.2, 0.25) is 0 Å². The zero-order chi connectivity index (χ0) is 14.1. The highest BCUT2D eigenvalue weighted by Crippen LogP contribution is 2.14. The minimum Gasteiger partial charge on any atom is -0.339 e. The fraction of sp³-hybridized carbons (Fsp3) is 0.533. The molecular weight excluding hydrogens is 224 g/mol. The molecular formula is C15H26N2O. The Morgan fingerprint density at radius 1 is 1.22 bits per heavy atom. The summed E-state index contributed by atoms with van der Waals surface area (Å²) in [5.41, 5.74) is 6.36. The Hall–Kier alpha value is -1.35. The van der Waals surface area contributed by atoms with E-state index in [0.29, 0.717) is 6.04 Å². The standard InChI is InChI=1S/C14H21NO.CH5N/c1-5-12(6-2)15(4)14(16)13-10-8-7-9-11(13)3;1-2/h7-10,12H,5-6H2,1-4H3;2H2,1H3. The molecule has 0 unspecified atom stereocenters. The maximum Gasteiger partial charge on any atom is 0.254 e. The van der Waals surface area contributed by atoms with Gasteiger partial charge in [-0.1, -0.05) is 32.0 Å². The predicted molar refractivity (Wildman–Crippen MR) is 77.8 cm³/mol. The van der Waals surface area contributed by atoms with Gasteiger partial charge in [-0.05, 0) is 38.4 Å². The molecule has 3 nitrogen and oxygen atoms in total. The third kappa shape index (κ3) is 4.15. The molecule has 18 heavy (non-hydrogen) atoms. The number of nitrogens with zero attached hydrogens (tertiary/aromatic N) is 1. The van der Waals surface area contributed by atoms with Crippen LogP contribution in [0.25, 0.3) is 0 Å². The zero-order valence-corrected chi connectivity index (χ0v) is 12.2. The van der Waals surface area contributed by atoms with E-state index in [9.17, 15) is 4.79 Å². The summed E-state index contributed by atoms with van der Waals surface area (Å²) in [6, 6.07) is 8.10. The number of rotatable bonds is 4. The first-order chi connectivity index (χ1) is 8.61. The van der Waals surface area contributed by atoms with Crippen LogP contribution in [0.3, 0.4) is 0 Å². The predicted octanol–water partition coefficient (Wildman–Crippen LogP) is 2.83. The normalized spacial score (nSPS) is 9.72. The van der Waals surface area contributed by atoms with Crippen molar-refractivity contribution >= 4 is 5.91 Å². The van der Waals surface area contributed by atoms with Gasteiger partial charge in [-0.25, -0.2) is 0 Å². The largest absolute Gasteiger partial charge is 0.339 e. The van der Waals surface area contributed by atoms with Gasteiger partial charge in [0.15, 0.2) is 0 Å². The van der Waals surface area contributed by atoms with Crippen molar-refractivity contribution in [3.63, 3.8) is 0 Å². The summed E-state index contributed by atoms with van der Waals surface area (Å²) >= 11 is 0. The lowest BCUT2D eigenvalue weighted by atomic mass is 10.1. The maximum absolute atomic E-state index is 12.3. The lowest BCUT2D eigenvalue weighted by molar-refractivity contribution is 0.0723. The zero-order valence-electron chi connectivity index (χ0n) is 12.2. The second kappa shape index (κ2) is 8.70. The smallest absolute Gasteiger partial charge is 0.254 e. The number of hydrogen-bond donors (Lipinski definition) is 1. The Bertz CT molecular complexity index is 359. The summed E-state index contributed by atoms with van der Waals surface area (Å²) in [6.45, 7) is 6.22. The fourth-order valence-electron chi connectivity index (χ4n) is 2.01. The van der Waals surface area contributed by atoms with Crippen molar-refractivity contribution in [1.29, 1.82) is 0 Å². The third-order valence-corrected chi connectivity index (χ3v) is 3.19. The SMILES string of the molecule is CCC(CC)N(C)C(=O)c1ccccc1C.CN. The van der Waals surface area contributed by atoms with E-state index >= 15 is 0 Å². The molecule has 0 radical (unpaired) electrons. The molecule has 0 fully saturated rings. The van der Waals surface area contributed by atoms with Crippen molar-refractivity contribution in [1.82, 2.24) is 4.90 Å². The molecule has 0 aliphatic carbocycles. The highest BCUT2D eigenvalue weighted by molar-refractivity contribution is 5.95. The van der Waals surface area contributed by atoms with Crippen molar-refractivity contribution in [2.75, 3.05) is 14.1 Å². The average molecular weight is 250 g/mol. The number of amides is 1. The van der Waals surface area contributed by atoms with Crippen LogP contribution < -0.4 is 5.73 Å². The fourth-order valence-corrected chi connectivity index (χ4v) is 2.01. The quantitative estimate of drug-likeness (QED) is 0.893. The molecule has 0 heterocycles. The lowest BCUT2D eigenvalue weighted by Gasteiger charge is -2.26. The van der Waals surface area contributed by atoms with Crippen molar-refractivity contribution in [2.45, 2.75) is 39.7 Å². The van der Waals surface area contributed by atoms with Crippen LogP contribution in [0.15, 0.2) is 24.3 Å². The lowest BCUT2D eigenvalue weighted by Crippen LogP contribution is -2.36. The Balaban J connectivity index is 0.00000137. The summed E-state index contributed by atoms with van der Waals surface area (Å²) in [5, 5.41) is 0. The highest BCUT2D eigenvalue weighted by Gasteiger charge is 2.19. The minimum atomic E-state index is 0.131. The molecule has 1 rings (SSSR count). The van der Waals surface area contributed by atoms with Crippen LogP contribution in [0.5, 0.6) is 0 Å². The first-order valence-corrected chi connectivity index (χ1v) is 6.52. The van der Waals surface area contributed by atoms with Gasteiger partial charge >= 0.3 is 0 Å². The molecule has 0 atom stereocenters. The molecule has 0 aromatic heterocycles. The molecule has 0 bridgehead atoms. The first kappa shape index (κ1) is 16.6. The van der Waals surface area contributed by atoms with Crippen LogP contribution in [0.1, 0.15) is 42.6 Å². The molecule has 0 aliphatic rings. The van der Waals surface area contributed by atoms with Crippen molar-refractivity contribution in [2.24, 2.45) is 5.73 Å². The van der Waals surface area contributed by atoms with E-state index in [0.717, 1.165) is 24.0 Å². The molecule has 1 aromatic rings. The van der Waals surface area contributed by atoms with Gasteiger partial charge < -0.3 is 10.6 Å². The van der Waals surface area contributed by atoms with Crippen LogP contribution in [0.2, 0.25) is 0 Å². The van der Waals surface area contributed by atoms with E-state index in [2.05, 4.69) is 19.6 Å². The van der Waals surface area contributed by atoms with E-state index in [-0.39, 0.29) is 5.91 Å². The van der Waals surface area contributed by atoms with Crippen LogP contribution in [-0.2, 0) is 0 Å². The third-order valence-electron chi connectivity index (χ3n) is 3.19. The van der Waals surface area contributed by atoms with E-state index in [1.807, 2.05) is 43.1 Å². The van der Waals surface area contributed by atoms with Gasteiger partial charge in [0.05, 0.1) is 0 Å². The maximum atomic E-state index is 12.3.